The summed E-state index contributed by atoms with van der Waals surface area (Å²) < 4.78 is 70.4. The number of hydrogen-bond acceptors (Lipinski definition) is 5. The van der Waals surface area contributed by atoms with Gasteiger partial charge in [0.15, 0.2) is 9.84 Å². The summed E-state index contributed by atoms with van der Waals surface area (Å²) in [5.41, 5.74) is 0.700. The van der Waals surface area contributed by atoms with Gasteiger partial charge in [0.1, 0.15) is 11.6 Å². The summed E-state index contributed by atoms with van der Waals surface area (Å²) >= 11 is 0. The Morgan fingerprint density at radius 1 is 1.04 bits per heavy atom. The van der Waals surface area contributed by atoms with Gasteiger partial charge in [-0.05, 0) is 61.4 Å². The Balaban J connectivity index is 1.74. The summed E-state index contributed by atoms with van der Waals surface area (Å²) in [5, 5.41) is -0.846. The van der Waals surface area contributed by atoms with Gasteiger partial charge in [0.25, 0.3) is 0 Å². The van der Waals surface area contributed by atoms with Gasteiger partial charge < -0.3 is 4.74 Å². The molecule has 9 heteroatoms. The lowest BCUT2D eigenvalue weighted by Crippen LogP contribution is -2.56. The van der Waals surface area contributed by atoms with Crippen LogP contribution in [0.5, 0.6) is 5.75 Å². The molecule has 1 aliphatic rings. The van der Waals surface area contributed by atoms with Crippen molar-refractivity contribution in [3.63, 3.8) is 0 Å². The fourth-order valence-electron chi connectivity index (χ4n) is 2.92. The smallest absolute Gasteiger partial charge is 0.243 e. The highest BCUT2D eigenvalue weighted by Gasteiger charge is 2.44. The quantitative estimate of drug-likeness (QED) is 0.635. The lowest BCUT2D eigenvalue weighted by Gasteiger charge is -2.37. The lowest BCUT2D eigenvalue weighted by molar-refractivity contribution is 0.309. The van der Waals surface area contributed by atoms with Crippen molar-refractivity contribution in [3.8, 4) is 5.75 Å². The number of benzene rings is 2. The Morgan fingerprint density at radius 3 is 2.21 bits per heavy atom. The third-order valence-corrected chi connectivity index (χ3v) is 8.57. The van der Waals surface area contributed by atoms with E-state index in [0.29, 0.717) is 17.9 Å². The highest BCUT2D eigenvalue weighted by atomic mass is 32.2. The van der Waals surface area contributed by atoms with E-state index in [1.165, 1.54) is 24.3 Å². The highest BCUT2D eigenvalue weighted by Crippen LogP contribution is 2.30. The van der Waals surface area contributed by atoms with Crippen LogP contribution in [0.1, 0.15) is 18.9 Å². The number of ether oxygens (including phenoxy) is 1. The number of hydrogen-bond donors (Lipinski definition) is 0. The van der Waals surface area contributed by atoms with E-state index in [9.17, 15) is 21.2 Å². The summed E-state index contributed by atoms with van der Waals surface area (Å²) in [6.45, 7) is 4.03. The molecule has 1 aliphatic heterocycles. The molecule has 0 saturated carbocycles. The third-order valence-electron chi connectivity index (χ3n) is 4.64. The van der Waals surface area contributed by atoms with Crippen LogP contribution in [0.3, 0.4) is 0 Å². The zero-order chi connectivity index (χ0) is 20.5. The Hall–Kier alpha value is -1.97. The van der Waals surface area contributed by atoms with E-state index in [1.807, 2.05) is 6.92 Å². The maximum absolute atomic E-state index is 13.0. The van der Waals surface area contributed by atoms with Crippen molar-refractivity contribution in [2.45, 2.75) is 35.3 Å². The number of sulfone groups is 1. The minimum Gasteiger partial charge on any atom is -0.493 e. The fourth-order valence-corrected chi connectivity index (χ4v) is 6.37. The molecule has 1 fully saturated rings. The third kappa shape index (κ3) is 3.92. The average molecular weight is 428 g/mol. The first-order chi connectivity index (χ1) is 13.2. The van der Waals surface area contributed by atoms with E-state index in [2.05, 4.69) is 0 Å². The molecule has 0 atom stereocenters. The Morgan fingerprint density at radius 2 is 1.64 bits per heavy atom. The fraction of sp³-hybridized carbons (Fsp3) is 0.368. The molecule has 28 heavy (non-hydrogen) atoms. The predicted octanol–water partition coefficient (Wildman–Crippen LogP) is 2.77. The van der Waals surface area contributed by atoms with Crippen LogP contribution in [0.25, 0.3) is 0 Å². The molecule has 0 aliphatic carbocycles. The minimum atomic E-state index is -3.79. The largest absolute Gasteiger partial charge is 0.493 e. The predicted molar refractivity (Wildman–Crippen MR) is 103 cm³/mol. The van der Waals surface area contributed by atoms with Gasteiger partial charge >= 0.3 is 0 Å². The molecular formula is C19H22FNO5S2. The van der Waals surface area contributed by atoms with Crippen molar-refractivity contribution in [1.82, 2.24) is 4.31 Å². The Bertz CT molecular complexity index is 1060. The Kier molecular flexibility index (Phi) is 5.79. The second-order valence-electron chi connectivity index (χ2n) is 6.72. The van der Waals surface area contributed by atoms with Crippen LogP contribution < -0.4 is 4.74 Å². The van der Waals surface area contributed by atoms with Crippen molar-refractivity contribution < 1.29 is 26.0 Å². The molecule has 0 radical (unpaired) electrons. The summed E-state index contributed by atoms with van der Waals surface area (Å²) in [6.07, 6.45) is 0.844. The standard InChI is InChI=1S/C19H22FNO5S2/c1-3-10-26-19-9-8-17(11-14(19)2)28(24,25)21-12-18(13-21)27(22,23)16-6-4-15(20)5-7-16/h4-9,11,18H,3,10,12-13H2,1-2H3. The molecular weight excluding hydrogens is 405 g/mol. The summed E-state index contributed by atoms with van der Waals surface area (Å²) in [6, 6.07) is 9.15. The molecule has 6 nitrogen and oxygen atoms in total. The molecule has 152 valence electrons. The van der Waals surface area contributed by atoms with Gasteiger partial charge in [0, 0.05) is 13.1 Å². The van der Waals surface area contributed by atoms with Gasteiger partial charge in [0.2, 0.25) is 10.0 Å². The zero-order valence-corrected chi connectivity index (χ0v) is 17.3. The van der Waals surface area contributed by atoms with Gasteiger partial charge in [-0.25, -0.2) is 21.2 Å². The molecule has 0 bridgehead atoms. The van der Waals surface area contributed by atoms with Crippen LogP contribution in [0.15, 0.2) is 52.3 Å². The van der Waals surface area contributed by atoms with Crippen LogP contribution in [0.2, 0.25) is 0 Å². The normalized spacial score (nSPS) is 16.0. The van der Waals surface area contributed by atoms with Gasteiger partial charge in [-0.2, -0.15) is 4.31 Å². The summed E-state index contributed by atoms with van der Waals surface area (Å²) in [4.78, 5) is 0.0932. The molecule has 0 amide bonds. The first kappa shape index (κ1) is 20.8. The second kappa shape index (κ2) is 7.81. The first-order valence-corrected chi connectivity index (χ1v) is 11.9. The number of halogens is 1. The SMILES string of the molecule is CCCOc1ccc(S(=O)(=O)N2CC(S(=O)(=O)c3ccc(F)cc3)C2)cc1C. The maximum Gasteiger partial charge on any atom is 0.243 e. The van der Waals surface area contributed by atoms with Crippen molar-refractivity contribution >= 4 is 19.9 Å². The van der Waals surface area contributed by atoms with Gasteiger partial charge in [-0.1, -0.05) is 6.92 Å². The van der Waals surface area contributed by atoms with E-state index in [4.69, 9.17) is 4.74 Å². The molecule has 0 N–H and O–H groups in total. The van der Waals surface area contributed by atoms with Gasteiger partial charge in [-0.3, -0.25) is 0 Å². The van der Waals surface area contributed by atoms with E-state index in [-0.39, 0.29) is 22.9 Å². The van der Waals surface area contributed by atoms with E-state index in [0.717, 1.165) is 22.9 Å². The lowest BCUT2D eigenvalue weighted by atomic mass is 10.2. The summed E-state index contributed by atoms with van der Waals surface area (Å²) in [5.74, 6) is 0.0969. The van der Waals surface area contributed by atoms with Crippen LogP contribution in [0, 0.1) is 12.7 Å². The van der Waals surface area contributed by atoms with E-state index >= 15 is 0 Å². The second-order valence-corrected chi connectivity index (χ2v) is 10.9. The van der Waals surface area contributed by atoms with Gasteiger partial charge in [0.05, 0.1) is 21.6 Å². The molecule has 0 aromatic heterocycles. The molecule has 1 saturated heterocycles. The van der Waals surface area contributed by atoms with E-state index in [1.54, 1.807) is 13.0 Å². The minimum absolute atomic E-state index is 0.00998. The molecule has 2 aromatic rings. The molecule has 0 unspecified atom stereocenters. The molecule has 1 heterocycles. The van der Waals surface area contributed by atoms with Gasteiger partial charge in [-0.15, -0.1) is 0 Å². The maximum atomic E-state index is 13.0. The first-order valence-electron chi connectivity index (χ1n) is 8.89. The monoisotopic (exact) mass is 427 g/mol. The Labute approximate surface area is 164 Å². The summed E-state index contributed by atoms with van der Waals surface area (Å²) in [7, 11) is -7.50. The number of aryl methyl sites for hydroxylation is 1. The number of rotatable bonds is 7. The number of nitrogens with zero attached hydrogens (tertiary/aromatic N) is 1. The van der Waals surface area contributed by atoms with Crippen molar-refractivity contribution in [2.75, 3.05) is 19.7 Å². The van der Waals surface area contributed by atoms with Crippen LogP contribution in [-0.4, -0.2) is 46.1 Å². The highest BCUT2D eigenvalue weighted by molar-refractivity contribution is 7.92. The van der Waals surface area contributed by atoms with Crippen molar-refractivity contribution in [2.24, 2.45) is 0 Å². The van der Waals surface area contributed by atoms with Crippen molar-refractivity contribution in [1.29, 1.82) is 0 Å². The molecule has 3 rings (SSSR count). The average Bonchev–Trinajstić information content (AvgIpc) is 2.59. The van der Waals surface area contributed by atoms with Crippen LogP contribution in [-0.2, 0) is 19.9 Å². The van der Waals surface area contributed by atoms with Crippen LogP contribution in [0.4, 0.5) is 4.39 Å². The zero-order valence-electron chi connectivity index (χ0n) is 15.6. The topological polar surface area (TPSA) is 80.8 Å². The van der Waals surface area contributed by atoms with Crippen molar-refractivity contribution in [3.05, 3.63) is 53.8 Å². The molecule has 2 aromatic carbocycles. The van der Waals surface area contributed by atoms with Crippen LogP contribution >= 0.6 is 0 Å². The number of sulfonamides is 1. The molecule has 0 spiro atoms. The van der Waals surface area contributed by atoms with E-state index < -0.39 is 30.9 Å².